The molecule has 0 aliphatic rings. The molecule has 1 N–H and O–H groups in total. The van der Waals surface area contributed by atoms with E-state index in [9.17, 15) is 5.11 Å². The van der Waals surface area contributed by atoms with Gasteiger partial charge >= 0.3 is 0 Å². The molecule has 0 amide bonds. The van der Waals surface area contributed by atoms with Crippen molar-refractivity contribution in [2.45, 2.75) is 77.9 Å². The number of aliphatic hydroxyl groups excluding tert-OH is 1. The van der Waals surface area contributed by atoms with E-state index in [1.165, 1.54) is 11.1 Å². The molecule has 120 valence electrons. The minimum Gasteiger partial charge on any atom is -0.390 e. The molecule has 0 radical (unpaired) electrons. The van der Waals surface area contributed by atoms with Gasteiger partial charge in [0.15, 0.2) is 0 Å². The van der Waals surface area contributed by atoms with E-state index < -0.39 is 11.7 Å². The summed E-state index contributed by atoms with van der Waals surface area (Å²) in [7, 11) is 0. The Kier molecular flexibility index (Phi) is 6.42. The van der Waals surface area contributed by atoms with Gasteiger partial charge in [0, 0.05) is 13.0 Å². The predicted octanol–water partition coefficient (Wildman–Crippen LogP) is 4.48. The Morgan fingerprint density at radius 1 is 1.00 bits per heavy atom. The van der Waals surface area contributed by atoms with Gasteiger partial charge in [-0.25, -0.2) is 0 Å². The molecule has 0 aliphatic carbocycles. The van der Waals surface area contributed by atoms with Crippen LogP contribution < -0.4 is 0 Å². The first-order chi connectivity index (χ1) is 9.79. The van der Waals surface area contributed by atoms with Crippen molar-refractivity contribution in [1.29, 1.82) is 0 Å². The third-order valence-electron chi connectivity index (χ3n) is 4.49. The van der Waals surface area contributed by atoms with E-state index in [2.05, 4.69) is 58.9 Å². The van der Waals surface area contributed by atoms with Crippen molar-refractivity contribution >= 4 is 0 Å². The monoisotopic (exact) mass is 292 g/mol. The molecule has 2 nitrogen and oxygen atoms in total. The summed E-state index contributed by atoms with van der Waals surface area (Å²) < 4.78 is 5.89. The molecular formula is C19H32O2. The van der Waals surface area contributed by atoms with Crippen molar-refractivity contribution in [3.05, 3.63) is 35.4 Å². The highest BCUT2D eigenvalue weighted by Crippen LogP contribution is 2.28. The van der Waals surface area contributed by atoms with Gasteiger partial charge in [0.2, 0.25) is 0 Å². The van der Waals surface area contributed by atoms with Crippen molar-refractivity contribution in [3.8, 4) is 0 Å². The lowest BCUT2D eigenvalue weighted by Crippen LogP contribution is -2.45. The quantitative estimate of drug-likeness (QED) is 0.802. The smallest absolute Gasteiger partial charge is 0.0938 e. The first-order valence-electron chi connectivity index (χ1n) is 8.20. The maximum Gasteiger partial charge on any atom is 0.0938 e. The fraction of sp³-hybridized carbons (Fsp3) is 0.684. The van der Waals surface area contributed by atoms with Crippen LogP contribution in [0.15, 0.2) is 24.3 Å². The molecule has 1 atom stereocenters. The van der Waals surface area contributed by atoms with Crippen molar-refractivity contribution < 1.29 is 9.84 Å². The Morgan fingerprint density at radius 2 is 1.52 bits per heavy atom. The standard InChI is InChI=1S/C19H32O2/c1-7-19(8-2,21-9-3)17(20)14-15-10-12-16(13-11-15)18(4,5)6/h10-13,17,20H,7-9,14H2,1-6H3. The van der Waals surface area contributed by atoms with Gasteiger partial charge in [0.25, 0.3) is 0 Å². The third kappa shape index (κ3) is 4.55. The van der Waals surface area contributed by atoms with Crippen LogP contribution in [-0.2, 0) is 16.6 Å². The summed E-state index contributed by atoms with van der Waals surface area (Å²) >= 11 is 0. The van der Waals surface area contributed by atoms with Crippen LogP contribution in [0.4, 0.5) is 0 Å². The molecule has 1 rings (SSSR count). The van der Waals surface area contributed by atoms with Gasteiger partial charge in [-0.05, 0) is 36.3 Å². The van der Waals surface area contributed by atoms with Crippen molar-refractivity contribution in [3.63, 3.8) is 0 Å². The zero-order chi connectivity index (χ0) is 16.1. The molecule has 1 unspecified atom stereocenters. The van der Waals surface area contributed by atoms with Gasteiger partial charge in [0.1, 0.15) is 0 Å². The second kappa shape index (κ2) is 7.42. The maximum atomic E-state index is 10.6. The first-order valence-corrected chi connectivity index (χ1v) is 8.20. The van der Waals surface area contributed by atoms with Gasteiger partial charge in [-0.1, -0.05) is 58.9 Å². The zero-order valence-corrected chi connectivity index (χ0v) is 14.6. The number of benzene rings is 1. The predicted molar refractivity (Wildman–Crippen MR) is 89.8 cm³/mol. The molecule has 0 fully saturated rings. The van der Waals surface area contributed by atoms with E-state index in [4.69, 9.17) is 4.74 Å². The second-order valence-corrected chi connectivity index (χ2v) is 6.87. The number of ether oxygens (including phenoxy) is 1. The lowest BCUT2D eigenvalue weighted by atomic mass is 9.84. The SMILES string of the molecule is CCOC(CC)(CC)C(O)Cc1ccc(C(C)(C)C)cc1. The minimum atomic E-state index is -0.465. The van der Waals surface area contributed by atoms with E-state index in [0.29, 0.717) is 13.0 Å². The van der Waals surface area contributed by atoms with Gasteiger partial charge in [-0.15, -0.1) is 0 Å². The Balaban J connectivity index is 2.84. The Morgan fingerprint density at radius 3 is 1.90 bits per heavy atom. The number of hydrogen-bond acceptors (Lipinski definition) is 2. The summed E-state index contributed by atoms with van der Waals surface area (Å²) in [6, 6.07) is 8.60. The van der Waals surface area contributed by atoms with Crippen LogP contribution in [0.2, 0.25) is 0 Å². The van der Waals surface area contributed by atoms with E-state index in [1.807, 2.05) is 6.92 Å². The van der Waals surface area contributed by atoms with Gasteiger partial charge in [-0.3, -0.25) is 0 Å². The summed E-state index contributed by atoms with van der Waals surface area (Å²) in [6.07, 6.45) is 1.84. The van der Waals surface area contributed by atoms with Crippen LogP contribution in [0.3, 0.4) is 0 Å². The summed E-state index contributed by atoms with van der Waals surface area (Å²) in [6.45, 7) is 13.4. The number of aliphatic hydroxyl groups is 1. The lowest BCUT2D eigenvalue weighted by molar-refractivity contribution is -0.124. The molecule has 21 heavy (non-hydrogen) atoms. The zero-order valence-electron chi connectivity index (χ0n) is 14.6. The van der Waals surface area contributed by atoms with E-state index in [0.717, 1.165) is 12.8 Å². The minimum absolute atomic E-state index is 0.166. The van der Waals surface area contributed by atoms with Crippen LogP contribution in [0.25, 0.3) is 0 Å². The average molecular weight is 292 g/mol. The van der Waals surface area contributed by atoms with Gasteiger partial charge < -0.3 is 9.84 Å². The second-order valence-electron chi connectivity index (χ2n) is 6.87. The van der Waals surface area contributed by atoms with Crippen LogP contribution in [0, 0.1) is 0 Å². The average Bonchev–Trinajstić information content (AvgIpc) is 2.44. The fourth-order valence-electron chi connectivity index (χ4n) is 2.86. The molecular weight excluding hydrogens is 260 g/mol. The summed E-state index contributed by atoms with van der Waals surface area (Å²) in [5.41, 5.74) is 2.24. The van der Waals surface area contributed by atoms with E-state index in [1.54, 1.807) is 0 Å². The Hall–Kier alpha value is -0.860. The Labute approximate surface area is 130 Å². The van der Waals surface area contributed by atoms with Gasteiger partial charge in [0.05, 0.1) is 11.7 Å². The van der Waals surface area contributed by atoms with Crippen molar-refractivity contribution in [1.82, 2.24) is 0 Å². The van der Waals surface area contributed by atoms with Crippen molar-refractivity contribution in [2.75, 3.05) is 6.61 Å². The van der Waals surface area contributed by atoms with Crippen LogP contribution >= 0.6 is 0 Å². The molecule has 2 heteroatoms. The fourth-order valence-corrected chi connectivity index (χ4v) is 2.86. The summed E-state index contributed by atoms with van der Waals surface area (Å²) in [5.74, 6) is 0. The molecule has 0 heterocycles. The molecule has 0 bridgehead atoms. The molecule has 0 aromatic heterocycles. The number of rotatable bonds is 7. The van der Waals surface area contributed by atoms with E-state index in [-0.39, 0.29) is 5.41 Å². The first kappa shape index (κ1) is 18.2. The van der Waals surface area contributed by atoms with E-state index >= 15 is 0 Å². The molecule has 1 aromatic rings. The van der Waals surface area contributed by atoms with Gasteiger partial charge in [-0.2, -0.15) is 0 Å². The topological polar surface area (TPSA) is 29.5 Å². The molecule has 0 spiro atoms. The van der Waals surface area contributed by atoms with Crippen molar-refractivity contribution in [2.24, 2.45) is 0 Å². The van der Waals surface area contributed by atoms with Crippen LogP contribution in [-0.4, -0.2) is 23.4 Å². The molecule has 0 saturated carbocycles. The summed E-state index contributed by atoms with van der Waals surface area (Å²) in [5, 5.41) is 10.6. The highest BCUT2D eigenvalue weighted by atomic mass is 16.5. The van der Waals surface area contributed by atoms with Crippen LogP contribution in [0.5, 0.6) is 0 Å². The highest BCUT2D eigenvalue weighted by Gasteiger charge is 2.35. The highest BCUT2D eigenvalue weighted by molar-refractivity contribution is 5.28. The molecule has 1 aromatic carbocycles. The molecule has 0 aliphatic heterocycles. The van der Waals surface area contributed by atoms with Crippen LogP contribution in [0.1, 0.15) is 65.5 Å². The normalized spacial score (nSPS) is 14.2. The summed E-state index contributed by atoms with van der Waals surface area (Å²) in [4.78, 5) is 0. The third-order valence-corrected chi connectivity index (χ3v) is 4.49. The maximum absolute atomic E-state index is 10.6. The lowest BCUT2D eigenvalue weighted by Gasteiger charge is -2.36. The Bertz CT molecular complexity index is 410. The molecule has 0 saturated heterocycles. The largest absolute Gasteiger partial charge is 0.390 e. The number of hydrogen-bond donors (Lipinski definition) is 1.